The number of benzene rings is 10. The van der Waals surface area contributed by atoms with Crippen LogP contribution in [-0.4, -0.2) is 4.57 Å². The smallest absolute Gasteiger partial charge is 0.0541 e. The van der Waals surface area contributed by atoms with E-state index in [4.69, 9.17) is 0 Å². The summed E-state index contributed by atoms with van der Waals surface area (Å²) in [5.74, 6) is 0.567. The molecule has 1 aliphatic rings. The Morgan fingerprint density at radius 1 is 0.359 bits per heavy atom. The summed E-state index contributed by atoms with van der Waals surface area (Å²) in [4.78, 5) is 2.56. The zero-order valence-corrected chi connectivity index (χ0v) is 35.9. The molecular weight excluding hydrogens is 773 g/mol. The largest absolute Gasteiger partial charge is 0.309 e. The average Bonchev–Trinajstić information content (AvgIpc) is 3.71. The fraction of sp³-hybridized carbons (Fsp3) is 0.0968. The number of fused-ring (bicyclic) bond motifs is 5. The fourth-order valence-electron chi connectivity index (χ4n) is 10.9. The molecule has 0 spiro atoms. The van der Waals surface area contributed by atoms with Gasteiger partial charge in [0.2, 0.25) is 0 Å². The molecule has 306 valence electrons. The Balaban J connectivity index is 1.12. The number of para-hydroxylation sites is 5. The van der Waals surface area contributed by atoms with Crippen LogP contribution in [0.15, 0.2) is 224 Å². The molecule has 1 aromatic heterocycles. The van der Waals surface area contributed by atoms with Gasteiger partial charge in [-0.05, 0) is 111 Å². The molecule has 0 N–H and O–H groups in total. The van der Waals surface area contributed by atoms with Crippen LogP contribution >= 0.6 is 0 Å². The van der Waals surface area contributed by atoms with E-state index in [0.29, 0.717) is 5.92 Å². The number of nitrogens with zero attached hydrogens (tertiary/aromatic N) is 2. The van der Waals surface area contributed by atoms with Gasteiger partial charge in [-0.25, -0.2) is 0 Å². The molecule has 0 radical (unpaired) electrons. The highest BCUT2D eigenvalue weighted by molar-refractivity contribution is 6.12. The second kappa shape index (κ2) is 16.2. The van der Waals surface area contributed by atoms with Crippen molar-refractivity contribution in [2.45, 2.75) is 38.0 Å². The van der Waals surface area contributed by atoms with Crippen molar-refractivity contribution < 1.29 is 0 Å². The normalized spacial score (nSPS) is 13.2. The first kappa shape index (κ1) is 38.0. The first-order valence-corrected chi connectivity index (χ1v) is 23.0. The molecule has 1 heterocycles. The van der Waals surface area contributed by atoms with Gasteiger partial charge >= 0.3 is 0 Å². The lowest BCUT2D eigenvalue weighted by atomic mass is 9.80. The molecular formula is C62H48N2. The molecule has 0 unspecified atom stereocenters. The minimum absolute atomic E-state index is 0.567. The second-order valence-electron chi connectivity index (χ2n) is 17.4. The summed E-state index contributed by atoms with van der Waals surface area (Å²) in [6.07, 6.45) is 6.44. The van der Waals surface area contributed by atoms with E-state index in [2.05, 4.69) is 234 Å². The summed E-state index contributed by atoms with van der Waals surface area (Å²) >= 11 is 0. The van der Waals surface area contributed by atoms with E-state index in [1.54, 1.807) is 0 Å². The van der Waals surface area contributed by atoms with Gasteiger partial charge in [-0.1, -0.05) is 195 Å². The average molecular weight is 821 g/mol. The molecule has 0 atom stereocenters. The van der Waals surface area contributed by atoms with E-state index >= 15 is 0 Å². The molecule has 1 saturated carbocycles. The van der Waals surface area contributed by atoms with Gasteiger partial charge in [-0.3, -0.25) is 0 Å². The standard InChI is InChI=1S/C62H48N2/c1-3-20-44(21-4-1)50-33-18-24-45-25-19-35-55(62(45)50)53-31-11-16-39-60(53)64(59-38-15-10-30-52(59)51-34-17-23-43-22-7-8-28-48(43)51)57-36-13-9-29-49(57)46-40-41-61-56(42-46)54-32-12-14-37-58(54)63(61)47-26-5-2-6-27-47/h2,5-19,22-42,44H,1,3-4,20-21H2. The third kappa shape index (κ3) is 6.48. The Morgan fingerprint density at radius 2 is 0.891 bits per heavy atom. The lowest BCUT2D eigenvalue weighted by molar-refractivity contribution is 0.445. The van der Waals surface area contributed by atoms with Crippen LogP contribution in [0.25, 0.3) is 82.4 Å². The topological polar surface area (TPSA) is 8.17 Å². The van der Waals surface area contributed by atoms with E-state index in [1.807, 2.05) is 0 Å². The Labute approximate surface area is 375 Å². The number of anilines is 3. The Bertz CT molecular complexity index is 3490. The van der Waals surface area contributed by atoms with Crippen LogP contribution in [0.3, 0.4) is 0 Å². The predicted octanol–water partition coefficient (Wildman–Crippen LogP) is 17.6. The van der Waals surface area contributed by atoms with E-state index in [9.17, 15) is 0 Å². The zero-order valence-electron chi connectivity index (χ0n) is 35.9. The number of rotatable bonds is 8. The van der Waals surface area contributed by atoms with E-state index in [1.165, 1.54) is 114 Å². The van der Waals surface area contributed by atoms with Gasteiger partial charge in [0.15, 0.2) is 0 Å². The van der Waals surface area contributed by atoms with Gasteiger partial charge < -0.3 is 9.47 Å². The molecule has 2 heteroatoms. The molecule has 0 saturated heterocycles. The summed E-state index contributed by atoms with van der Waals surface area (Å²) in [5.41, 5.74) is 15.7. The number of hydrogen-bond acceptors (Lipinski definition) is 1. The summed E-state index contributed by atoms with van der Waals surface area (Å²) in [6.45, 7) is 0. The zero-order chi connectivity index (χ0) is 42.4. The summed E-state index contributed by atoms with van der Waals surface area (Å²) in [6, 6.07) is 83.2. The van der Waals surface area contributed by atoms with E-state index in [0.717, 1.165) is 22.7 Å². The predicted molar refractivity (Wildman–Crippen MR) is 273 cm³/mol. The van der Waals surface area contributed by atoms with Crippen LogP contribution < -0.4 is 4.90 Å². The first-order valence-electron chi connectivity index (χ1n) is 23.0. The molecule has 12 rings (SSSR count). The third-order valence-electron chi connectivity index (χ3n) is 13.8. The molecule has 1 fully saturated rings. The summed E-state index contributed by atoms with van der Waals surface area (Å²) in [7, 11) is 0. The molecule has 64 heavy (non-hydrogen) atoms. The van der Waals surface area contributed by atoms with Crippen LogP contribution in [0.5, 0.6) is 0 Å². The number of hydrogen-bond donors (Lipinski definition) is 0. The molecule has 0 amide bonds. The molecule has 10 aromatic carbocycles. The minimum atomic E-state index is 0.567. The Morgan fingerprint density at radius 3 is 1.66 bits per heavy atom. The summed E-state index contributed by atoms with van der Waals surface area (Å²) in [5, 5.41) is 7.65. The van der Waals surface area contributed by atoms with Crippen molar-refractivity contribution in [3.8, 4) is 39.1 Å². The highest BCUT2D eigenvalue weighted by atomic mass is 15.1. The van der Waals surface area contributed by atoms with Crippen molar-refractivity contribution in [2.24, 2.45) is 0 Å². The van der Waals surface area contributed by atoms with Crippen molar-refractivity contribution in [3.63, 3.8) is 0 Å². The monoisotopic (exact) mass is 820 g/mol. The van der Waals surface area contributed by atoms with Gasteiger partial charge in [-0.2, -0.15) is 0 Å². The molecule has 2 nitrogen and oxygen atoms in total. The van der Waals surface area contributed by atoms with Crippen LogP contribution in [0.1, 0.15) is 43.6 Å². The Hall–Kier alpha value is -7.68. The van der Waals surface area contributed by atoms with Crippen molar-refractivity contribution in [1.82, 2.24) is 4.57 Å². The van der Waals surface area contributed by atoms with Crippen LogP contribution in [0.4, 0.5) is 17.1 Å². The second-order valence-corrected chi connectivity index (χ2v) is 17.4. The lowest BCUT2D eigenvalue weighted by Crippen LogP contribution is -2.14. The van der Waals surface area contributed by atoms with E-state index < -0.39 is 0 Å². The highest BCUT2D eigenvalue weighted by Crippen LogP contribution is 2.50. The van der Waals surface area contributed by atoms with Gasteiger partial charge in [-0.15, -0.1) is 0 Å². The van der Waals surface area contributed by atoms with E-state index in [-0.39, 0.29) is 0 Å². The highest BCUT2D eigenvalue weighted by Gasteiger charge is 2.26. The van der Waals surface area contributed by atoms with Crippen molar-refractivity contribution in [2.75, 3.05) is 4.90 Å². The first-order chi connectivity index (χ1) is 31.8. The molecule has 0 aliphatic heterocycles. The van der Waals surface area contributed by atoms with Crippen molar-refractivity contribution in [1.29, 1.82) is 0 Å². The van der Waals surface area contributed by atoms with Crippen LogP contribution in [0, 0.1) is 0 Å². The maximum absolute atomic E-state index is 2.56. The maximum atomic E-state index is 2.56. The van der Waals surface area contributed by atoms with Crippen molar-refractivity contribution >= 4 is 60.4 Å². The SMILES string of the molecule is c1ccc(-n2c3ccccc3c3cc(-c4ccccc4N(c4ccccc4-c4cccc5ccccc45)c4ccccc4-c4cccc5cccc(C6CCCCC6)c45)ccc32)cc1. The van der Waals surface area contributed by atoms with Crippen LogP contribution in [0.2, 0.25) is 0 Å². The number of aromatic nitrogens is 1. The van der Waals surface area contributed by atoms with Crippen LogP contribution in [-0.2, 0) is 0 Å². The molecule has 11 aromatic rings. The van der Waals surface area contributed by atoms with Gasteiger partial charge in [0.05, 0.1) is 28.1 Å². The summed E-state index contributed by atoms with van der Waals surface area (Å²) < 4.78 is 2.40. The molecule has 0 bridgehead atoms. The maximum Gasteiger partial charge on any atom is 0.0541 e. The third-order valence-corrected chi connectivity index (χ3v) is 13.8. The lowest BCUT2D eigenvalue weighted by Gasteiger charge is -2.32. The fourth-order valence-corrected chi connectivity index (χ4v) is 10.9. The quantitative estimate of drug-likeness (QED) is 0.148. The Kier molecular flexibility index (Phi) is 9.64. The van der Waals surface area contributed by atoms with Gasteiger partial charge in [0.25, 0.3) is 0 Å². The van der Waals surface area contributed by atoms with Crippen molar-refractivity contribution in [3.05, 3.63) is 230 Å². The van der Waals surface area contributed by atoms with Gasteiger partial charge in [0, 0.05) is 33.2 Å². The van der Waals surface area contributed by atoms with Gasteiger partial charge in [0.1, 0.15) is 0 Å². The molecule has 1 aliphatic carbocycles. The minimum Gasteiger partial charge on any atom is -0.309 e.